The fourth-order valence-electron chi connectivity index (χ4n) is 1.56. The quantitative estimate of drug-likeness (QED) is 0.753. The maximum atomic E-state index is 11.9. The van der Waals surface area contributed by atoms with Gasteiger partial charge in [0.2, 0.25) is 11.8 Å². The van der Waals surface area contributed by atoms with Crippen LogP contribution in [0.1, 0.15) is 30.6 Å². The second-order valence-corrected chi connectivity index (χ2v) is 6.11. The van der Waals surface area contributed by atoms with E-state index in [0.29, 0.717) is 5.02 Å². The van der Waals surface area contributed by atoms with Gasteiger partial charge in [0.1, 0.15) is 0 Å². The minimum Gasteiger partial charge on any atom is -0.390 e. The highest BCUT2D eigenvalue weighted by Gasteiger charge is 2.20. The molecule has 3 N–H and O–H groups in total. The Bertz CT molecular complexity index is 597. The molecule has 120 valence electrons. The van der Waals surface area contributed by atoms with E-state index in [9.17, 15) is 19.5 Å². The van der Waals surface area contributed by atoms with Gasteiger partial charge in [0.25, 0.3) is 5.91 Å². The zero-order valence-corrected chi connectivity index (χ0v) is 13.6. The van der Waals surface area contributed by atoms with Gasteiger partial charge in [-0.2, -0.15) is 0 Å². The van der Waals surface area contributed by atoms with Crippen molar-refractivity contribution >= 4 is 40.9 Å². The number of carbonyl (C=O) groups excluding carboxylic acids is 3. The number of rotatable bonds is 5. The maximum Gasteiger partial charge on any atom is 0.253 e. The van der Waals surface area contributed by atoms with Crippen molar-refractivity contribution < 1.29 is 19.5 Å². The highest BCUT2D eigenvalue weighted by Crippen LogP contribution is 2.20. The number of carbonyl (C=O) groups is 3. The third-order valence-electron chi connectivity index (χ3n) is 2.45. The molecule has 0 aliphatic rings. The lowest BCUT2D eigenvalue weighted by Crippen LogP contribution is -2.42. The van der Waals surface area contributed by atoms with Crippen molar-refractivity contribution in [1.29, 1.82) is 0 Å². The van der Waals surface area contributed by atoms with E-state index < -0.39 is 29.9 Å². The van der Waals surface area contributed by atoms with Crippen LogP contribution < -0.4 is 10.6 Å². The average molecular weight is 347 g/mol. The van der Waals surface area contributed by atoms with E-state index in [-0.39, 0.29) is 17.0 Å². The second-order valence-electron chi connectivity index (χ2n) is 5.27. The molecule has 0 fully saturated rings. The van der Waals surface area contributed by atoms with Crippen LogP contribution in [0.2, 0.25) is 10.0 Å². The van der Waals surface area contributed by atoms with E-state index in [2.05, 4.69) is 10.6 Å². The Hall–Kier alpha value is -1.63. The number of benzene rings is 1. The number of hydrogen-bond acceptors (Lipinski definition) is 4. The Kier molecular flexibility index (Phi) is 6.34. The summed E-state index contributed by atoms with van der Waals surface area (Å²) in [5.74, 6) is -1.91. The third-order valence-corrected chi connectivity index (χ3v) is 3.02. The van der Waals surface area contributed by atoms with E-state index in [1.54, 1.807) is 0 Å². The predicted molar refractivity (Wildman–Crippen MR) is 82.9 cm³/mol. The molecule has 1 aromatic carbocycles. The molecule has 6 nitrogen and oxygen atoms in total. The van der Waals surface area contributed by atoms with Gasteiger partial charge < -0.3 is 10.4 Å². The smallest absolute Gasteiger partial charge is 0.253 e. The minimum absolute atomic E-state index is 0.129. The lowest BCUT2D eigenvalue weighted by Gasteiger charge is -2.15. The van der Waals surface area contributed by atoms with Crippen LogP contribution in [0.3, 0.4) is 0 Å². The fourth-order valence-corrected chi connectivity index (χ4v) is 1.94. The maximum absolute atomic E-state index is 11.9. The van der Waals surface area contributed by atoms with Crippen molar-refractivity contribution in [1.82, 2.24) is 10.6 Å². The molecule has 0 saturated heterocycles. The summed E-state index contributed by atoms with van der Waals surface area (Å²) in [5.41, 5.74) is -1.09. The highest BCUT2D eigenvalue weighted by molar-refractivity contribution is 6.35. The Balaban J connectivity index is 2.52. The average Bonchev–Trinajstić information content (AvgIpc) is 2.36. The van der Waals surface area contributed by atoms with Crippen LogP contribution in [-0.4, -0.2) is 35.0 Å². The van der Waals surface area contributed by atoms with Crippen LogP contribution >= 0.6 is 23.2 Å². The zero-order valence-electron chi connectivity index (χ0n) is 12.1. The number of nitrogens with one attached hydrogen (secondary N) is 2. The summed E-state index contributed by atoms with van der Waals surface area (Å²) >= 11 is 11.6. The van der Waals surface area contributed by atoms with Crippen LogP contribution in [0.4, 0.5) is 0 Å². The number of halogens is 2. The second kappa shape index (κ2) is 7.58. The zero-order chi connectivity index (χ0) is 16.9. The molecule has 0 aliphatic carbocycles. The summed E-state index contributed by atoms with van der Waals surface area (Å²) in [6.45, 7) is 2.49. The standard InChI is InChI=1S/C14H16Cl2N2O4/c1-14(2,22)6-11(19)18-12(20)7-17-13(21)9-5-8(15)3-4-10(9)16/h3-5,22H,6-7H2,1-2H3,(H,17,21)(H,18,19,20). The van der Waals surface area contributed by atoms with Crippen LogP contribution in [-0.2, 0) is 9.59 Å². The Morgan fingerprint density at radius 1 is 1.18 bits per heavy atom. The van der Waals surface area contributed by atoms with E-state index in [0.717, 1.165) is 0 Å². The van der Waals surface area contributed by atoms with Crippen molar-refractivity contribution in [2.75, 3.05) is 6.54 Å². The van der Waals surface area contributed by atoms with Crippen molar-refractivity contribution in [2.24, 2.45) is 0 Å². The number of amides is 3. The Morgan fingerprint density at radius 2 is 1.82 bits per heavy atom. The molecule has 0 unspecified atom stereocenters. The number of aliphatic hydroxyl groups is 1. The first-order valence-corrected chi connectivity index (χ1v) is 7.12. The topological polar surface area (TPSA) is 95.5 Å². The lowest BCUT2D eigenvalue weighted by molar-refractivity contribution is -0.132. The predicted octanol–water partition coefficient (Wildman–Crippen LogP) is 1.53. The summed E-state index contributed by atoms with van der Waals surface area (Å²) in [6, 6.07) is 4.37. The molecule has 0 atom stereocenters. The molecule has 22 heavy (non-hydrogen) atoms. The summed E-state index contributed by atoms with van der Waals surface area (Å²) in [4.78, 5) is 34.9. The van der Waals surface area contributed by atoms with Gasteiger partial charge in [-0.15, -0.1) is 0 Å². The molecule has 0 radical (unpaired) electrons. The first kappa shape index (κ1) is 18.4. The van der Waals surface area contributed by atoms with Crippen LogP contribution in [0.25, 0.3) is 0 Å². The molecular weight excluding hydrogens is 331 g/mol. The summed E-state index contributed by atoms with van der Waals surface area (Å²) in [5, 5.41) is 14.4. The fraction of sp³-hybridized carbons (Fsp3) is 0.357. The van der Waals surface area contributed by atoms with Gasteiger partial charge in [-0.1, -0.05) is 23.2 Å². The third kappa shape index (κ3) is 6.43. The normalized spacial score (nSPS) is 11.0. The monoisotopic (exact) mass is 346 g/mol. The van der Waals surface area contributed by atoms with E-state index in [1.165, 1.54) is 32.0 Å². The van der Waals surface area contributed by atoms with E-state index >= 15 is 0 Å². The van der Waals surface area contributed by atoms with Gasteiger partial charge >= 0.3 is 0 Å². The molecule has 0 aromatic heterocycles. The van der Waals surface area contributed by atoms with Crippen molar-refractivity contribution in [3.05, 3.63) is 33.8 Å². The van der Waals surface area contributed by atoms with Crippen molar-refractivity contribution in [2.45, 2.75) is 25.9 Å². The lowest BCUT2D eigenvalue weighted by atomic mass is 10.1. The van der Waals surface area contributed by atoms with Gasteiger partial charge in [-0.3, -0.25) is 19.7 Å². The van der Waals surface area contributed by atoms with E-state index in [4.69, 9.17) is 23.2 Å². The van der Waals surface area contributed by atoms with E-state index in [1.807, 2.05) is 0 Å². The highest BCUT2D eigenvalue weighted by atomic mass is 35.5. The first-order chi connectivity index (χ1) is 10.1. The largest absolute Gasteiger partial charge is 0.390 e. The molecular formula is C14H16Cl2N2O4. The Morgan fingerprint density at radius 3 is 2.41 bits per heavy atom. The van der Waals surface area contributed by atoms with Crippen LogP contribution in [0.5, 0.6) is 0 Å². The summed E-state index contributed by atoms with van der Waals surface area (Å²) in [6.07, 6.45) is -0.229. The van der Waals surface area contributed by atoms with Gasteiger partial charge in [-0.05, 0) is 32.0 Å². The summed E-state index contributed by atoms with van der Waals surface area (Å²) in [7, 11) is 0. The Labute approximate surface area is 137 Å². The molecule has 3 amide bonds. The molecule has 0 aliphatic heterocycles. The van der Waals surface area contributed by atoms with Crippen molar-refractivity contribution in [3.8, 4) is 0 Å². The number of hydrogen-bond donors (Lipinski definition) is 3. The molecule has 8 heteroatoms. The number of imide groups is 1. The molecule has 0 spiro atoms. The SMILES string of the molecule is CC(C)(O)CC(=O)NC(=O)CNC(=O)c1cc(Cl)ccc1Cl. The van der Waals surface area contributed by atoms with Gasteiger partial charge in [0.05, 0.1) is 29.2 Å². The van der Waals surface area contributed by atoms with Crippen LogP contribution in [0.15, 0.2) is 18.2 Å². The van der Waals surface area contributed by atoms with Gasteiger partial charge in [0.15, 0.2) is 0 Å². The van der Waals surface area contributed by atoms with Gasteiger partial charge in [0, 0.05) is 5.02 Å². The molecule has 1 aromatic rings. The molecule has 0 saturated carbocycles. The molecule has 1 rings (SSSR count). The van der Waals surface area contributed by atoms with Gasteiger partial charge in [-0.25, -0.2) is 0 Å². The summed E-state index contributed by atoms with van der Waals surface area (Å²) < 4.78 is 0. The molecule has 0 bridgehead atoms. The van der Waals surface area contributed by atoms with Crippen LogP contribution in [0, 0.1) is 0 Å². The van der Waals surface area contributed by atoms with Crippen molar-refractivity contribution in [3.63, 3.8) is 0 Å². The molecule has 0 heterocycles. The minimum atomic E-state index is -1.22. The first-order valence-electron chi connectivity index (χ1n) is 6.37.